The van der Waals surface area contributed by atoms with Crippen molar-refractivity contribution < 1.29 is 38.1 Å². The maximum absolute atomic E-state index is 13.3. The molecule has 0 spiro atoms. The number of carbonyl (C=O) groups excluding carboxylic acids is 3. The molecule has 2 aromatic carbocycles. The second-order valence-corrected chi connectivity index (χ2v) is 7.90. The first kappa shape index (κ1) is 25.9. The minimum atomic E-state index is -1.05. The van der Waals surface area contributed by atoms with Crippen LogP contribution in [0.4, 0.5) is 16.2 Å². The van der Waals surface area contributed by atoms with Gasteiger partial charge in [0.05, 0.1) is 55.3 Å². The molecule has 0 aromatic heterocycles. The summed E-state index contributed by atoms with van der Waals surface area (Å²) < 4.78 is 26.0. The fourth-order valence-electron chi connectivity index (χ4n) is 4.26. The highest BCUT2D eigenvalue weighted by Gasteiger charge is 2.44. The Morgan fingerprint density at radius 1 is 1.11 bits per heavy atom. The number of amides is 1. The Morgan fingerprint density at radius 2 is 1.76 bits per heavy atom. The van der Waals surface area contributed by atoms with Gasteiger partial charge in [-0.1, -0.05) is 30.3 Å². The van der Waals surface area contributed by atoms with E-state index < -0.39 is 23.9 Å². The largest absolute Gasteiger partial charge is 0.466 e. The Balaban J connectivity index is 2.05. The molecule has 4 rings (SSSR count). The van der Waals surface area contributed by atoms with Crippen LogP contribution in [0.2, 0.25) is 0 Å². The summed E-state index contributed by atoms with van der Waals surface area (Å²) in [5.74, 6) is -2.47. The molecule has 1 atom stereocenters. The number of nitriles is 1. The predicted molar refractivity (Wildman–Crippen MR) is 133 cm³/mol. The lowest BCUT2D eigenvalue weighted by atomic mass is 9.81. The van der Waals surface area contributed by atoms with Crippen LogP contribution in [0.25, 0.3) is 0 Å². The smallest absolute Gasteiger partial charge is 0.411 e. The van der Waals surface area contributed by atoms with E-state index >= 15 is 0 Å². The summed E-state index contributed by atoms with van der Waals surface area (Å²) in [4.78, 5) is 40.1. The summed E-state index contributed by atoms with van der Waals surface area (Å²) >= 11 is 0. The van der Waals surface area contributed by atoms with E-state index in [0.717, 1.165) is 19.1 Å². The van der Waals surface area contributed by atoms with Crippen LogP contribution in [0.1, 0.15) is 18.4 Å². The average molecular weight is 520 g/mol. The van der Waals surface area contributed by atoms with Gasteiger partial charge in [-0.15, -0.1) is 0 Å². The molecule has 12 heteroatoms. The molecule has 0 saturated carbocycles. The van der Waals surface area contributed by atoms with Crippen molar-refractivity contribution in [3.05, 3.63) is 70.7 Å². The van der Waals surface area contributed by atoms with Crippen LogP contribution < -0.4 is 25.4 Å². The molecule has 0 radical (unpaired) electrons. The number of nitrogens with zero attached hydrogens (tertiary/aromatic N) is 2. The van der Waals surface area contributed by atoms with Crippen LogP contribution in [0.15, 0.2) is 65.1 Å². The summed E-state index contributed by atoms with van der Waals surface area (Å²) in [5, 5.41) is 12.8. The number of anilines is 2. The van der Waals surface area contributed by atoms with Crippen molar-refractivity contribution in [2.45, 2.75) is 12.8 Å². The Kier molecular flexibility index (Phi) is 7.38. The summed E-state index contributed by atoms with van der Waals surface area (Å²) in [6.07, 6.45) is -0.799. The monoisotopic (exact) mass is 520 g/mol. The van der Waals surface area contributed by atoms with E-state index in [2.05, 4.69) is 11.4 Å². The molecular weight excluding hydrogens is 496 g/mol. The highest BCUT2D eigenvalue weighted by atomic mass is 16.7. The van der Waals surface area contributed by atoms with Crippen molar-refractivity contribution in [2.75, 3.05) is 37.8 Å². The molecular formula is C26H24N4O8. The van der Waals surface area contributed by atoms with Crippen LogP contribution in [0, 0.1) is 11.3 Å². The maximum Gasteiger partial charge on any atom is 0.411 e. The third-order valence-corrected chi connectivity index (χ3v) is 5.85. The Hall–Kier alpha value is -5.18. The van der Waals surface area contributed by atoms with Gasteiger partial charge < -0.3 is 29.4 Å². The first-order valence-corrected chi connectivity index (χ1v) is 11.4. The number of rotatable bonds is 6. The van der Waals surface area contributed by atoms with Gasteiger partial charge in [-0.3, -0.25) is 10.2 Å². The van der Waals surface area contributed by atoms with Crippen LogP contribution >= 0.6 is 0 Å². The predicted octanol–water partition coefficient (Wildman–Crippen LogP) is 2.88. The van der Waals surface area contributed by atoms with Gasteiger partial charge in [-0.2, -0.15) is 5.26 Å². The second-order valence-electron chi connectivity index (χ2n) is 7.90. The molecule has 2 heterocycles. The molecule has 0 bridgehead atoms. The van der Waals surface area contributed by atoms with E-state index in [-0.39, 0.29) is 53.2 Å². The first-order chi connectivity index (χ1) is 18.4. The molecule has 196 valence electrons. The zero-order valence-corrected chi connectivity index (χ0v) is 20.8. The molecule has 12 nitrogen and oxygen atoms in total. The molecule has 0 saturated heterocycles. The topological polar surface area (TPSA) is 162 Å². The lowest BCUT2D eigenvalue weighted by molar-refractivity contribution is -0.139. The van der Waals surface area contributed by atoms with E-state index in [1.807, 2.05) is 0 Å². The number of fused-ring (bicyclic) bond motifs is 1. The third-order valence-electron chi connectivity index (χ3n) is 5.85. The molecule has 0 aliphatic carbocycles. The second kappa shape index (κ2) is 10.8. The van der Waals surface area contributed by atoms with Crippen LogP contribution in [-0.2, 0) is 23.8 Å². The molecule has 2 aliphatic heterocycles. The summed E-state index contributed by atoms with van der Waals surface area (Å²) in [7, 11) is 2.29. The van der Waals surface area contributed by atoms with Gasteiger partial charge >= 0.3 is 18.0 Å². The number of esters is 2. The van der Waals surface area contributed by atoms with E-state index in [0.29, 0.717) is 11.3 Å². The van der Waals surface area contributed by atoms with Gasteiger partial charge in [-0.25, -0.2) is 14.4 Å². The van der Waals surface area contributed by atoms with Crippen molar-refractivity contribution in [1.29, 1.82) is 5.26 Å². The van der Waals surface area contributed by atoms with Gasteiger partial charge in [0.1, 0.15) is 11.5 Å². The van der Waals surface area contributed by atoms with Crippen molar-refractivity contribution in [3.8, 4) is 17.6 Å². The van der Waals surface area contributed by atoms with E-state index in [9.17, 15) is 19.6 Å². The minimum Gasteiger partial charge on any atom is -0.466 e. The third kappa shape index (κ3) is 4.53. The maximum atomic E-state index is 13.3. The summed E-state index contributed by atoms with van der Waals surface area (Å²) in [6.45, 7) is 1.64. The average Bonchev–Trinajstić information content (AvgIpc) is 3.39. The van der Waals surface area contributed by atoms with Gasteiger partial charge in [-0.05, 0) is 12.5 Å². The molecule has 0 fully saturated rings. The number of hydrogen-bond donors (Lipinski definition) is 2. The van der Waals surface area contributed by atoms with E-state index in [4.69, 9.17) is 29.4 Å². The van der Waals surface area contributed by atoms with Crippen molar-refractivity contribution >= 4 is 29.4 Å². The van der Waals surface area contributed by atoms with Gasteiger partial charge in [0, 0.05) is 12.1 Å². The number of allylic oxidation sites excluding steroid dienone is 1. The molecule has 2 aliphatic rings. The molecule has 2 aromatic rings. The Morgan fingerprint density at radius 3 is 2.37 bits per heavy atom. The number of methoxy groups -OCH3 is 2. The summed E-state index contributed by atoms with van der Waals surface area (Å²) in [5.41, 5.74) is 6.72. The zero-order chi connectivity index (χ0) is 27.4. The van der Waals surface area contributed by atoms with Gasteiger partial charge in [0.2, 0.25) is 6.79 Å². The van der Waals surface area contributed by atoms with Crippen molar-refractivity contribution in [3.63, 3.8) is 0 Å². The fourth-order valence-corrected chi connectivity index (χ4v) is 4.26. The number of hydrogen-bond acceptors (Lipinski definition) is 11. The number of nitrogens with one attached hydrogen (secondary N) is 1. The highest BCUT2D eigenvalue weighted by molar-refractivity contribution is 6.07. The molecule has 38 heavy (non-hydrogen) atoms. The number of benzene rings is 2. The number of nitrogens with two attached hydrogens (primary N) is 1. The van der Waals surface area contributed by atoms with Gasteiger partial charge in [0.25, 0.3) is 0 Å². The SMILES string of the molecule is CCOC(=O)Nc1cc2c(cc1N1C(N)=C(C#N)C(c3ccccc3)C(C(=O)OC)=C1C(=O)OC)OCO2. The quantitative estimate of drug-likeness (QED) is 0.425. The molecule has 1 amide bonds. The van der Waals surface area contributed by atoms with Crippen molar-refractivity contribution in [1.82, 2.24) is 0 Å². The standard InChI is InChI=1S/C26H24N4O8/c1-4-36-26(33)29-16-10-18-19(38-13-37-18)11-17(16)30-22(25(32)35-3)21(24(31)34-2)20(15(12-27)23(30)28)14-8-6-5-7-9-14/h5-11,20H,4,13,28H2,1-3H3,(H,29,33). The van der Waals surface area contributed by atoms with E-state index in [1.54, 1.807) is 37.3 Å². The lowest BCUT2D eigenvalue weighted by Gasteiger charge is -2.36. The number of ether oxygens (including phenoxy) is 5. The molecule has 1 unspecified atom stereocenters. The fraction of sp³-hybridized carbons (Fsp3) is 0.231. The van der Waals surface area contributed by atoms with Gasteiger partial charge in [0.15, 0.2) is 11.5 Å². The Bertz CT molecular complexity index is 1390. The van der Waals surface area contributed by atoms with Crippen LogP contribution in [-0.4, -0.2) is 45.7 Å². The van der Waals surface area contributed by atoms with Crippen LogP contribution in [0.3, 0.4) is 0 Å². The highest BCUT2D eigenvalue weighted by Crippen LogP contribution is 2.48. The Labute approximate surface area is 217 Å². The zero-order valence-electron chi connectivity index (χ0n) is 20.8. The van der Waals surface area contributed by atoms with E-state index in [1.165, 1.54) is 12.1 Å². The molecule has 3 N–H and O–H groups in total. The normalized spacial score (nSPS) is 16.1. The minimum absolute atomic E-state index is 0.0380. The van der Waals surface area contributed by atoms with Crippen LogP contribution in [0.5, 0.6) is 11.5 Å². The summed E-state index contributed by atoms with van der Waals surface area (Å²) in [6, 6.07) is 13.6. The lowest BCUT2D eigenvalue weighted by Crippen LogP contribution is -2.41. The number of carbonyl (C=O) groups is 3. The first-order valence-electron chi connectivity index (χ1n) is 11.4. The van der Waals surface area contributed by atoms with Crippen molar-refractivity contribution in [2.24, 2.45) is 5.73 Å².